The molecule has 0 spiro atoms. The van der Waals surface area contributed by atoms with Crippen LogP contribution in [0, 0.1) is 5.92 Å². The van der Waals surface area contributed by atoms with E-state index in [9.17, 15) is 9.59 Å². The van der Waals surface area contributed by atoms with Gasteiger partial charge in [-0.25, -0.2) is 4.68 Å². The third-order valence-corrected chi connectivity index (χ3v) is 5.76. The maximum absolute atomic E-state index is 13.1. The molecule has 2 aliphatic rings. The van der Waals surface area contributed by atoms with Crippen molar-refractivity contribution < 1.29 is 4.79 Å². The Hall–Kier alpha value is -2.43. The lowest BCUT2D eigenvalue weighted by molar-refractivity contribution is 0.0383. The molecule has 136 valence electrons. The molecule has 1 saturated heterocycles. The summed E-state index contributed by atoms with van der Waals surface area (Å²) in [5.74, 6) is 0.611. The second-order valence-corrected chi connectivity index (χ2v) is 7.45. The number of benzene rings is 1. The van der Waals surface area contributed by atoms with E-state index < -0.39 is 0 Å². The number of fused-ring (bicyclic) bond motifs is 1. The number of carbonyl (C=O) groups is 1. The molecule has 0 bridgehead atoms. The van der Waals surface area contributed by atoms with Crippen LogP contribution in [0.5, 0.6) is 0 Å². The molecule has 5 heteroatoms. The average Bonchev–Trinajstić information content (AvgIpc) is 2.69. The van der Waals surface area contributed by atoms with Gasteiger partial charge in [-0.05, 0) is 43.2 Å². The van der Waals surface area contributed by atoms with Gasteiger partial charge in [0, 0.05) is 18.7 Å². The van der Waals surface area contributed by atoms with Crippen LogP contribution in [0.25, 0.3) is 0 Å². The van der Waals surface area contributed by atoms with Crippen molar-refractivity contribution >= 4 is 5.91 Å². The normalized spacial score (nSPS) is 22.7. The minimum atomic E-state index is -0.181. The molecule has 1 saturated carbocycles. The molecule has 0 N–H and O–H groups in total. The highest BCUT2D eigenvalue weighted by molar-refractivity contribution is 5.92. The van der Waals surface area contributed by atoms with Crippen LogP contribution in [0.1, 0.15) is 54.6 Å². The van der Waals surface area contributed by atoms with Crippen LogP contribution < -0.4 is 5.56 Å². The van der Waals surface area contributed by atoms with Gasteiger partial charge >= 0.3 is 0 Å². The van der Waals surface area contributed by atoms with E-state index in [0.717, 1.165) is 24.9 Å². The number of aromatic nitrogens is 2. The van der Waals surface area contributed by atoms with Crippen LogP contribution in [0.4, 0.5) is 0 Å². The van der Waals surface area contributed by atoms with E-state index in [2.05, 4.69) is 5.10 Å². The van der Waals surface area contributed by atoms with Crippen LogP contribution in [0.15, 0.2) is 47.3 Å². The molecule has 1 amide bonds. The van der Waals surface area contributed by atoms with Crippen molar-refractivity contribution in [2.24, 2.45) is 5.92 Å². The van der Waals surface area contributed by atoms with Gasteiger partial charge in [0.2, 0.25) is 0 Å². The monoisotopic (exact) mass is 351 g/mol. The Bertz CT molecular complexity index is 829. The number of likely N-dealkylation sites (tertiary alicyclic amines) is 1. The summed E-state index contributed by atoms with van der Waals surface area (Å²) in [4.78, 5) is 27.3. The standard InChI is InChI=1S/C21H25N3O2/c25-20-13-12-18(22-24(20)15-16-7-2-1-3-8-16)21(26)23-14-6-10-17-9-4-5-11-19(17)23/h1-3,7-8,12-13,17,19H,4-6,9-11,14-15H2. The molecular weight excluding hydrogens is 326 g/mol. The number of hydrogen-bond acceptors (Lipinski definition) is 3. The van der Waals surface area contributed by atoms with Gasteiger partial charge in [-0.1, -0.05) is 43.2 Å². The number of carbonyl (C=O) groups excluding carboxylic acids is 1. The van der Waals surface area contributed by atoms with Gasteiger partial charge in [0.05, 0.1) is 6.54 Å². The first-order valence-electron chi connectivity index (χ1n) is 9.65. The van der Waals surface area contributed by atoms with Crippen LogP contribution in [0.3, 0.4) is 0 Å². The molecular formula is C21H25N3O2. The molecule has 1 aromatic carbocycles. The third-order valence-electron chi connectivity index (χ3n) is 5.76. The maximum atomic E-state index is 13.1. The molecule has 1 aliphatic carbocycles. The summed E-state index contributed by atoms with van der Waals surface area (Å²) in [5, 5.41) is 4.39. The van der Waals surface area contributed by atoms with Gasteiger partial charge in [0.1, 0.15) is 5.69 Å². The first kappa shape index (κ1) is 17.0. The van der Waals surface area contributed by atoms with Crippen LogP contribution in [0.2, 0.25) is 0 Å². The SMILES string of the molecule is O=C(c1ccc(=O)n(Cc2ccccc2)n1)N1CCCC2CCCCC21. The lowest BCUT2D eigenvalue weighted by atomic mass is 9.78. The molecule has 2 unspecified atom stereocenters. The van der Waals surface area contributed by atoms with Crippen molar-refractivity contribution in [1.29, 1.82) is 0 Å². The number of nitrogens with zero attached hydrogens (tertiary/aromatic N) is 3. The van der Waals surface area contributed by atoms with E-state index in [4.69, 9.17) is 0 Å². The largest absolute Gasteiger partial charge is 0.334 e. The zero-order valence-corrected chi connectivity index (χ0v) is 15.0. The summed E-state index contributed by atoms with van der Waals surface area (Å²) < 4.78 is 1.39. The second-order valence-electron chi connectivity index (χ2n) is 7.45. The summed E-state index contributed by atoms with van der Waals surface area (Å²) in [7, 11) is 0. The van der Waals surface area contributed by atoms with Crippen molar-refractivity contribution in [2.75, 3.05) is 6.54 Å². The average molecular weight is 351 g/mol. The summed E-state index contributed by atoms with van der Waals surface area (Å²) in [6, 6.07) is 13.1. The number of hydrogen-bond donors (Lipinski definition) is 0. The molecule has 1 aromatic heterocycles. The Morgan fingerprint density at radius 2 is 1.77 bits per heavy atom. The summed E-state index contributed by atoms with van der Waals surface area (Å²) >= 11 is 0. The Morgan fingerprint density at radius 1 is 1.00 bits per heavy atom. The topological polar surface area (TPSA) is 55.2 Å². The maximum Gasteiger partial charge on any atom is 0.274 e. The summed E-state index contributed by atoms with van der Waals surface area (Å²) in [5.41, 5.74) is 1.20. The highest BCUT2D eigenvalue weighted by Crippen LogP contribution is 2.35. The Balaban J connectivity index is 1.58. The zero-order chi connectivity index (χ0) is 17.9. The number of rotatable bonds is 3. The Labute approximate surface area is 153 Å². The van der Waals surface area contributed by atoms with Crippen molar-refractivity contribution in [3.63, 3.8) is 0 Å². The van der Waals surface area contributed by atoms with E-state index in [1.165, 1.54) is 36.4 Å². The molecule has 1 aliphatic heterocycles. The Morgan fingerprint density at radius 3 is 2.62 bits per heavy atom. The molecule has 4 rings (SSSR count). The van der Waals surface area contributed by atoms with Crippen molar-refractivity contribution in [3.8, 4) is 0 Å². The van der Waals surface area contributed by atoms with Crippen LogP contribution >= 0.6 is 0 Å². The van der Waals surface area contributed by atoms with E-state index in [1.807, 2.05) is 35.2 Å². The van der Waals surface area contributed by atoms with Gasteiger partial charge in [0.15, 0.2) is 0 Å². The molecule has 2 heterocycles. The highest BCUT2D eigenvalue weighted by atomic mass is 16.2. The fourth-order valence-electron chi connectivity index (χ4n) is 4.46. The molecule has 5 nitrogen and oxygen atoms in total. The third kappa shape index (κ3) is 3.43. The molecule has 2 atom stereocenters. The van der Waals surface area contributed by atoms with E-state index in [0.29, 0.717) is 24.2 Å². The van der Waals surface area contributed by atoms with Crippen molar-refractivity contribution in [2.45, 2.75) is 51.1 Å². The van der Waals surface area contributed by atoms with Crippen molar-refractivity contribution in [1.82, 2.24) is 14.7 Å². The zero-order valence-electron chi connectivity index (χ0n) is 15.0. The predicted octanol–water partition coefficient (Wildman–Crippen LogP) is 3.09. The number of piperidine rings is 1. The fourth-order valence-corrected chi connectivity index (χ4v) is 4.46. The van der Waals surface area contributed by atoms with E-state index >= 15 is 0 Å². The fraction of sp³-hybridized carbons (Fsp3) is 0.476. The first-order valence-corrected chi connectivity index (χ1v) is 9.65. The minimum Gasteiger partial charge on any atom is -0.334 e. The van der Waals surface area contributed by atoms with Gasteiger partial charge < -0.3 is 4.90 Å². The molecule has 26 heavy (non-hydrogen) atoms. The highest BCUT2D eigenvalue weighted by Gasteiger charge is 2.36. The van der Waals surface area contributed by atoms with E-state index in [1.54, 1.807) is 6.07 Å². The summed E-state index contributed by atoms with van der Waals surface area (Å²) in [6.45, 7) is 1.19. The number of amides is 1. The van der Waals surface area contributed by atoms with Crippen LogP contribution in [-0.4, -0.2) is 33.2 Å². The van der Waals surface area contributed by atoms with Gasteiger partial charge in [-0.3, -0.25) is 9.59 Å². The molecule has 2 fully saturated rings. The lowest BCUT2D eigenvalue weighted by Crippen LogP contribution is -2.50. The predicted molar refractivity (Wildman–Crippen MR) is 100 cm³/mol. The minimum absolute atomic E-state index is 0.0246. The van der Waals surface area contributed by atoms with Gasteiger partial charge in [-0.2, -0.15) is 5.10 Å². The molecule has 2 aromatic rings. The van der Waals surface area contributed by atoms with Crippen molar-refractivity contribution in [3.05, 3.63) is 64.1 Å². The summed E-state index contributed by atoms with van der Waals surface area (Å²) in [6.07, 6.45) is 7.11. The second kappa shape index (κ2) is 7.44. The Kier molecular flexibility index (Phi) is 4.87. The smallest absolute Gasteiger partial charge is 0.274 e. The van der Waals surface area contributed by atoms with Gasteiger partial charge in [-0.15, -0.1) is 0 Å². The van der Waals surface area contributed by atoms with Gasteiger partial charge in [0.25, 0.3) is 11.5 Å². The van der Waals surface area contributed by atoms with Crippen LogP contribution in [-0.2, 0) is 6.54 Å². The first-order chi connectivity index (χ1) is 12.7. The van der Waals surface area contributed by atoms with E-state index in [-0.39, 0.29) is 11.5 Å². The molecule has 0 radical (unpaired) electrons. The lowest BCUT2D eigenvalue weighted by Gasteiger charge is -2.44. The quantitative estimate of drug-likeness (QED) is 0.854.